The van der Waals surface area contributed by atoms with Crippen LogP contribution < -0.4 is 4.90 Å². The molecule has 0 radical (unpaired) electrons. The summed E-state index contributed by atoms with van der Waals surface area (Å²) in [6.45, 7) is 12.1. The number of rotatable bonds is 3. The molecule has 2 heterocycles. The Morgan fingerprint density at radius 1 is 0.765 bits per heavy atom. The van der Waals surface area contributed by atoms with Gasteiger partial charge in [-0.15, -0.1) is 0 Å². The zero-order chi connectivity index (χ0) is 23.7. The lowest BCUT2D eigenvalue weighted by Crippen LogP contribution is -2.60. The predicted octanol–water partition coefficient (Wildman–Crippen LogP) is 8.47. The minimum Gasteiger partial charge on any atom is -0.338 e. The fourth-order valence-corrected chi connectivity index (χ4v) is 8.41. The number of aryl methyl sites for hydroxylation is 1. The van der Waals surface area contributed by atoms with Crippen molar-refractivity contribution in [2.45, 2.75) is 97.7 Å². The largest absolute Gasteiger partial charge is 0.338 e. The molecule has 6 rings (SSSR count). The molecule has 2 aliphatic carbocycles. The van der Waals surface area contributed by atoms with E-state index in [9.17, 15) is 0 Å². The van der Waals surface area contributed by atoms with E-state index in [2.05, 4.69) is 92.9 Å². The Labute approximate surface area is 207 Å². The first-order chi connectivity index (χ1) is 16.4. The van der Waals surface area contributed by atoms with Gasteiger partial charge in [0.1, 0.15) is 6.17 Å². The zero-order valence-corrected chi connectivity index (χ0v) is 21.9. The lowest BCUT2D eigenvalue weighted by molar-refractivity contribution is -0.0185. The fourth-order valence-electron chi connectivity index (χ4n) is 8.41. The van der Waals surface area contributed by atoms with E-state index in [1.165, 1.54) is 79.6 Å². The summed E-state index contributed by atoms with van der Waals surface area (Å²) in [5, 5.41) is 0. The minimum atomic E-state index is 0.107. The van der Waals surface area contributed by atoms with Crippen LogP contribution in [0.1, 0.15) is 95.8 Å². The summed E-state index contributed by atoms with van der Waals surface area (Å²) in [6, 6.07) is 18.6. The second kappa shape index (κ2) is 7.90. The van der Waals surface area contributed by atoms with Gasteiger partial charge in [0.15, 0.2) is 0 Å². The number of benzene rings is 2. The molecule has 4 aliphatic rings. The maximum atomic E-state index is 3.02. The maximum Gasteiger partial charge on any atom is 0.112 e. The van der Waals surface area contributed by atoms with E-state index in [1.54, 1.807) is 5.56 Å². The lowest BCUT2D eigenvalue weighted by Gasteiger charge is -2.55. The molecule has 180 valence electrons. The summed E-state index contributed by atoms with van der Waals surface area (Å²) in [6.07, 6.45) is 11.4. The lowest BCUT2D eigenvalue weighted by atomic mass is 9.66. The molecule has 1 atom stereocenters. The van der Waals surface area contributed by atoms with E-state index in [-0.39, 0.29) is 11.0 Å². The highest BCUT2D eigenvalue weighted by Gasteiger charge is 2.63. The molecule has 2 fully saturated rings. The van der Waals surface area contributed by atoms with Crippen LogP contribution in [-0.2, 0) is 5.54 Å². The van der Waals surface area contributed by atoms with Crippen LogP contribution in [0.25, 0.3) is 5.70 Å². The minimum absolute atomic E-state index is 0.107. The van der Waals surface area contributed by atoms with Crippen molar-refractivity contribution in [2.24, 2.45) is 17.3 Å². The number of fused-ring (bicyclic) bond motifs is 3. The van der Waals surface area contributed by atoms with E-state index in [1.807, 2.05) is 0 Å². The second-order valence-corrected chi connectivity index (χ2v) is 12.5. The molecule has 2 aromatic carbocycles. The zero-order valence-electron chi connectivity index (χ0n) is 21.9. The molecule has 2 saturated carbocycles. The van der Waals surface area contributed by atoms with Crippen LogP contribution in [0, 0.1) is 24.2 Å². The van der Waals surface area contributed by atoms with Crippen LogP contribution >= 0.6 is 0 Å². The molecule has 34 heavy (non-hydrogen) atoms. The van der Waals surface area contributed by atoms with Crippen LogP contribution in [0.15, 0.2) is 54.2 Å². The third-order valence-corrected chi connectivity index (χ3v) is 9.55. The van der Waals surface area contributed by atoms with Gasteiger partial charge in [-0.1, -0.05) is 88.9 Å². The van der Waals surface area contributed by atoms with Crippen LogP contribution in [0.2, 0.25) is 0 Å². The Morgan fingerprint density at radius 2 is 1.32 bits per heavy atom. The van der Waals surface area contributed by atoms with Crippen molar-refractivity contribution < 1.29 is 0 Å². The first-order valence-corrected chi connectivity index (χ1v) is 13.8. The molecule has 0 aromatic heterocycles. The van der Waals surface area contributed by atoms with Gasteiger partial charge in [-0.3, -0.25) is 0 Å². The molecule has 0 N–H and O–H groups in total. The molecule has 2 nitrogen and oxygen atoms in total. The Balaban J connectivity index is 1.66. The molecule has 1 unspecified atom stereocenters. The Morgan fingerprint density at radius 3 is 1.91 bits per heavy atom. The first-order valence-electron chi connectivity index (χ1n) is 13.8. The third kappa shape index (κ3) is 2.93. The van der Waals surface area contributed by atoms with Gasteiger partial charge in [-0.05, 0) is 68.6 Å². The number of hydrogen-bond acceptors (Lipinski definition) is 2. The average Bonchev–Trinajstić information content (AvgIpc) is 3.59. The normalized spacial score (nSPS) is 24.9. The summed E-state index contributed by atoms with van der Waals surface area (Å²) in [7, 11) is 0. The monoisotopic (exact) mass is 454 g/mol. The molecule has 0 bridgehead atoms. The van der Waals surface area contributed by atoms with Crippen molar-refractivity contribution >= 4 is 11.4 Å². The highest BCUT2D eigenvalue weighted by atomic mass is 15.5. The molecule has 2 aromatic rings. The Bertz CT molecular complexity index is 1090. The maximum absolute atomic E-state index is 3.02. The summed E-state index contributed by atoms with van der Waals surface area (Å²) in [5.74, 6) is 1.51. The van der Waals surface area contributed by atoms with E-state index in [0.29, 0.717) is 6.17 Å². The summed E-state index contributed by atoms with van der Waals surface area (Å²) < 4.78 is 0. The standard InChI is InChI=1S/C32H42N2/c1-22-14-6-13-21-28(22)33-23(2)29-26-19-11-12-20-27(26)32(24-15-7-8-16-24,25-17-9-10-18-25)34(29)30(33)31(3,4)5/h6,11-14,19-21,24-25,30H,7-10,15-18H2,1-5H3. The molecule has 2 heteroatoms. The fraction of sp³-hybridized carbons (Fsp3) is 0.562. The van der Waals surface area contributed by atoms with E-state index in [0.717, 1.165) is 11.8 Å². The van der Waals surface area contributed by atoms with Gasteiger partial charge in [0.25, 0.3) is 0 Å². The van der Waals surface area contributed by atoms with Crippen molar-refractivity contribution in [3.05, 3.63) is 70.9 Å². The van der Waals surface area contributed by atoms with Crippen LogP contribution in [0.3, 0.4) is 0 Å². The molecular weight excluding hydrogens is 412 g/mol. The SMILES string of the molecule is CC1=C2c3ccccc3C(C3CCCC3)(C3CCCC3)N2C(C(C)(C)C)N1c1ccccc1C. The quantitative estimate of drug-likeness (QED) is 0.459. The summed E-state index contributed by atoms with van der Waals surface area (Å²) in [5.41, 5.74) is 9.14. The number of nitrogens with zero attached hydrogens (tertiary/aromatic N) is 2. The highest BCUT2D eigenvalue weighted by molar-refractivity contribution is 5.83. The number of hydrogen-bond donors (Lipinski definition) is 0. The molecule has 0 saturated heterocycles. The van der Waals surface area contributed by atoms with Gasteiger partial charge in [-0.25, -0.2) is 0 Å². The van der Waals surface area contributed by atoms with Gasteiger partial charge in [0.05, 0.1) is 11.2 Å². The van der Waals surface area contributed by atoms with E-state index < -0.39 is 0 Å². The number of anilines is 1. The van der Waals surface area contributed by atoms with Crippen molar-refractivity contribution in [1.29, 1.82) is 0 Å². The average molecular weight is 455 g/mol. The van der Waals surface area contributed by atoms with Gasteiger partial charge in [0, 0.05) is 22.4 Å². The van der Waals surface area contributed by atoms with Crippen LogP contribution in [0.5, 0.6) is 0 Å². The van der Waals surface area contributed by atoms with Crippen LogP contribution in [-0.4, -0.2) is 11.1 Å². The Kier molecular flexibility index (Phi) is 5.17. The number of allylic oxidation sites excluding steroid dienone is 1. The van der Waals surface area contributed by atoms with Crippen molar-refractivity contribution in [3.63, 3.8) is 0 Å². The molecule has 0 spiro atoms. The van der Waals surface area contributed by atoms with Crippen molar-refractivity contribution in [3.8, 4) is 0 Å². The van der Waals surface area contributed by atoms with Gasteiger partial charge in [0.2, 0.25) is 0 Å². The Hall–Kier alpha value is -2.22. The topological polar surface area (TPSA) is 6.48 Å². The van der Waals surface area contributed by atoms with Crippen molar-refractivity contribution in [2.75, 3.05) is 4.90 Å². The number of para-hydroxylation sites is 1. The smallest absolute Gasteiger partial charge is 0.112 e. The molecule has 0 amide bonds. The predicted molar refractivity (Wildman–Crippen MR) is 143 cm³/mol. The molecular formula is C32H42N2. The third-order valence-electron chi connectivity index (χ3n) is 9.55. The van der Waals surface area contributed by atoms with E-state index >= 15 is 0 Å². The summed E-state index contributed by atoms with van der Waals surface area (Å²) in [4.78, 5) is 5.74. The summed E-state index contributed by atoms with van der Waals surface area (Å²) >= 11 is 0. The first kappa shape index (κ1) is 22.3. The van der Waals surface area contributed by atoms with Gasteiger partial charge < -0.3 is 9.80 Å². The second-order valence-electron chi connectivity index (χ2n) is 12.5. The molecule has 2 aliphatic heterocycles. The van der Waals surface area contributed by atoms with Crippen molar-refractivity contribution in [1.82, 2.24) is 4.90 Å². The van der Waals surface area contributed by atoms with Gasteiger partial charge in [-0.2, -0.15) is 0 Å². The van der Waals surface area contributed by atoms with Gasteiger partial charge >= 0.3 is 0 Å². The highest BCUT2D eigenvalue weighted by Crippen LogP contribution is 2.65. The van der Waals surface area contributed by atoms with Crippen LogP contribution in [0.4, 0.5) is 5.69 Å². The van der Waals surface area contributed by atoms with E-state index in [4.69, 9.17) is 0 Å².